The van der Waals surface area contributed by atoms with E-state index in [1.165, 1.54) is 12.1 Å². The summed E-state index contributed by atoms with van der Waals surface area (Å²) in [7, 11) is 1.84. The van der Waals surface area contributed by atoms with Crippen molar-refractivity contribution in [1.29, 1.82) is 0 Å². The van der Waals surface area contributed by atoms with Gasteiger partial charge in [0, 0.05) is 12.4 Å². The molecule has 3 heterocycles. The molecule has 0 unspecified atom stereocenters. The largest absolute Gasteiger partial charge is 0.349 e. The fourth-order valence-corrected chi connectivity index (χ4v) is 3.08. The zero-order valence-electron chi connectivity index (χ0n) is 15.5. The van der Waals surface area contributed by atoms with Crippen molar-refractivity contribution in [3.05, 3.63) is 72.2 Å². The van der Waals surface area contributed by atoms with Crippen LogP contribution in [0.15, 0.2) is 55.1 Å². The van der Waals surface area contributed by atoms with E-state index in [9.17, 15) is 9.18 Å². The molecule has 0 aliphatic heterocycles. The second-order valence-corrected chi connectivity index (χ2v) is 6.68. The van der Waals surface area contributed by atoms with Crippen molar-refractivity contribution < 1.29 is 9.18 Å². The topological polar surface area (TPSA) is 77.6 Å². The van der Waals surface area contributed by atoms with Crippen LogP contribution in [0.3, 0.4) is 0 Å². The van der Waals surface area contributed by atoms with Crippen LogP contribution in [-0.2, 0) is 18.3 Å². The molecule has 1 aromatic carbocycles. The molecule has 1 amide bonds. The second kappa shape index (κ2) is 7.22. The third-order valence-electron chi connectivity index (χ3n) is 4.54. The third kappa shape index (κ3) is 3.62. The minimum atomic E-state index is -0.299. The van der Waals surface area contributed by atoms with E-state index in [1.54, 1.807) is 40.1 Å². The first-order valence-electron chi connectivity index (χ1n) is 8.86. The molecule has 0 aliphatic rings. The molecule has 0 radical (unpaired) electrons. The van der Waals surface area contributed by atoms with Gasteiger partial charge in [-0.25, -0.2) is 9.07 Å². The Morgan fingerprint density at radius 1 is 1.18 bits per heavy atom. The highest BCUT2D eigenvalue weighted by molar-refractivity contribution is 5.83. The smallest absolute Gasteiger partial charge is 0.226 e. The molecule has 1 atom stereocenters. The number of halogens is 1. The number of aromatic nitrogens is 5. The summed E-state index contributed by atoms with van der Waals surface area (Å²) >= 11 is 0. The van der Waals surface area contributed by atoms with Crippen molar-refractivity contribution >= 4 is 16.8 Å². The number of amides is 1. The fourth-order valence-electron chi connectivity index (χ4n) is 3.08. The summed E-state index contributed by atoms with van der Waals surface area (Å²) in [5, 5.41) is 12.4. The summed E-state index contributed by atoms with van der Waals surface area (Å²) in [6.07, 6.45) is 7.20. The van der Waals surface area contributed by atoms with Crippen LogP contribution >= 0.6 is 0 Å². The van der Waals surface area contributed by atoms with Gasteiger partial charge in [-0.15, -0.1) is 0 Å². The van der Waals surface area contributed by atoms with Crippen LogP contribution in [0.4, 0.5) is 4.39 Å². The van der Waals surface area contributed by atoms with Crippen LogP contribution in [0.2, 0.25) is 0 Å². The van der Waals surface area contributed by atoms with Crippen LogP contribution in [0.5, 0.6) is 0 Å². The Labute approximate surface area is 160 Å². The molecule has 4 rings (SSSR count). The highest BCUT2D eigenvalue weighted by Gasteiger charge is 2.13. The van der Waals surface area contributed by atoms with Gasteiger partial charge in [-0.3, -0.25) is 14.5 Å². The second-order valence-electron chi connectivity index (χ2n) is 6.68. The summed E-state index contributed by atoms with van der Waals surface area (Å²) < 4.78 is 16.5. The first kappa shape index (κ1) is 17.8. The quantitative estimate of drug-likeness (QED) is 0.579. The van der Waals surface area contributed by atoms with Crippen molar-refractivity contribution in [2.75, 3.05) is 0 Å². The summed E-state index contributed by atoms with van der Waals surface area (Å²) in [4.78, 5) is 16.8. The Balaban J connectivity index is 1.47. The number of pyridine rings is 1. The molecule has 0 aliphatic carbocycles. The normalized spacial score (nSPS) is 12.2. The molecule has 4 aromatic rings. The van der Waals surface area contributed by atoms with Crippen molar-refractivity contribution in [2.45, 2.75) is 19.4 Å². The van der Waals surface area contributed by atoms with E-state index in [4.69, 9.17) is 0 Å². The number of rotatable bonds is 5. The van der Waals surface area contributed by atoms with Crippen molar-refractivity contribution in [3.63, 3.8) is 0 Å². The van der Waals surface area contributed by atoms with Gasteiger partial charge in [-0.05, 0) is 30.7 Å². The van der Waals surface area contributed by atoms with Crippen LogP contribution in [-0.4, -0.2) is 30.5 Å². The van der Waals surface area contributed by atoms with E-state index in [1.807, 2.05) is 26.2 Å². The number of hydrogen-bond donors (Lipinski definition) is 1. The van der Waals surface area contributed by atoms with E-state index in [0.29, 0.717) is 5.69 Å². The molecule has 3 aromatic heterocycles. The average molecular weight is 378 g/mol. The predicted octanol–water partition coefficient (Wildman–Crippen LogP) is 2.71. The van der Waals surface area contributed by atoms with Gasteiger partial charge in [0.25, 0.3) is 0 Å². The average Bonchev–Trinajstić information content (AvgIpc) is 3.27. The van der Waals surface area contributed by atoms with E-state index in [-0.39, 0.29) is 24.2 Å². The molecule has 0 fully saturated rings. The molecular formula is C20H19FN6O. The third-order valence-corrected chi connectivity index (χ3v) is 4.54. The van der Waals surface area contributed by atoms with Gasteiger partial charge >= 0.3 is 0 Å². The SMILES string of the molecule is C[C@@H](NC(=O)Cc1cc2cnn(-c3cnn(C)c3)c2cn1)c1ccc(F)cc1. The van der Waals surface area contributed by atoms with Gasteiger partial charge in [0.1, 0.15) is 11.5 Å². The highest BCUT2D eigenvalue weighted by atomic mass is 19.1. The standard InChI is InChI=1S/C20H19FN6O/c1-13(14-3-5-16(21)6-4-14)25-20(28)8-17-7-15-9-24-27(19(15)11-22-17)18-10-23-26(2)12-18/h3-7,9-13H,8H2,1-2H3,(H,25,28)/t13-/m1/s1. The lowest BCUT2D eigenvalue weighted by Gasteiger charge is -2.14. The zero-order chi connectivity index (χ0) is 19.7. The molecule has 0 saturated heterocycles. The molecule has 142 valence electrons. The minimum absolute atomic E-state index is 0.150. The Bertz CT molecular complexity index is 1130. The highest BCUT2D eigenvalue weighted by Crippen LogP contribution is 2.18. The Hall–Kier alpha value is -3.55. The number of benzene rings is 1. The maximum absolute atomic E-state index is 13.0. The number of carbonyl (C=O) groups is 1. The first-order valence-corrected chi connectivity index (χ1v) is 8.86. The predicted molar refractivity (Wildman–Crippen MR) is 102 cm³/mol. The zero-order valence-corrected chi connectivity index (χ0v) is 15.5. The van der Waals surface area contributed by atoms with E-state index < -0.39 is 0 Å². The molecule has 28 heavy (non-hydrogen) atoms. The Morgan fingerprint density at radius 3 is 2.68 bits per heavy atom. The van der Waals surface area contributed by atoms with Gasteiger partial charge in [0.15, 0.2) is 0 Å². The Morgan fingerprint density at radius 2 is 1.96 bits per heavy atom. The molecule has 0 spiro atoms. The van der Waals surface area contributed by atoms with Crippen molar-refractivity contribution in [3.8, 4) is 5.69 Å². The van der Waals surface area contributed by atoms with E-state index in [0.717, 1.165) is 22.2 Å². The van der Waals surface area contributed by atoms with Crippen molar-refractivity contribution in [1.82, 2.24) is 29.9 Å². The number of carbonyl (C=O) groups excluding carboxylic acids is 1. The first-order chi connectivity index (χ1) is 13.5. The van der Waals surface area contributed by atoms with Crippen LogP contribution in [0.25, 0.3) is 16.6 Å². The van der Waals surface area contributed by atoms with Crippen LogP contribution in [0, 0.1) is 5.82 Å². The number of nitrogens with one attached hydrogen (secondary N) is 1. The number of fused-ring (bicyclic) bond motifs is 1. The molecule has 0 saturated carbocycles. The van der Waals surface area contributed by atoms with Gasteiger partial charge < -0.3 is 5.32 Å². The maximum Gasteiger partial charge on any atom is 0.226 e. The lowest BCUT2D eigenvalue weighted by molar-refractivity contribution is -0.121. The summed E-state index contributed by atoms with van der Waals surface area (Å²) in [6, 6.07) is 7.73. The monoisotopic (exact) mass is 378 g/mol. The lowest BCUT2D eigenvalue weighted by Crippen LogP contribution is -2.28. The van der Waals surface area contributed by atoms with Crippen molar-refractivity contribution in [2.24, 2.45) is 7.05 Å². The van der Waals surface area contributed by atoms with Crippen LogP contribution < -0.4 is 5.32 Å². The van der Waals surface area contributed by atoms with Gasteiger partial charge in [-0.1, -0.05) is 12.1 Å². The maximum atomic E-state index is 13.0. The van der Waals surface area contributed by atoms with Gasteiger partial charge in [0.05, 0.1) is 48.5 Å². The van der Waals surface area contributed by atoms with E-state index in [2.05, 4.69) is 20.5 Å². The van der Waals surface area contributed by atoms with E-state index >= 15 is 0 Å². The van der Waals surface area contributed by atoms with Crippen LogP contribution in [0.1, 0.15) is 24.2 Å². The number of nitrogens with zero attached hydrogens (tertiary/aromatic N) is 5. The molecule has 0 bridgehead atoms. The lowest BCUT2D eigenvalue weighted by atomic mass is 10.1. The summed E-state index contributed by atoms with van der Waals surface area (Å²) in [5.74, 6) is -0.449. The molecular weight excluding hydrogens is 359 g/mol. The summed E-state index contributed by atoms with van der Waals surface area (Å²) in [5.41, 5.74) is 3.19. The Kier molecular flexibility index (Phi) is 4.60. The molecule has 8 heteroatoms. The number of aryl methyl sites for hydroxylation is 1. The van der Waals surface area contributed by atoms with Gasteiger partial charge in [0.2, 0.25) is 5.91 Å². The van der Waals surface area contributed by atoms with Gasteiger partial charge in [-0.2, -0.15) is 10.2 Å². The fraction of sp³-hybridized carbons (Fsp3) is 0.200. The molecule has 1 N–H and O–H groups in total. The summed E-state index contributed by atoms with van der Waals surface area (Å²) in [6.45, 7) is 1.86. The molecule has 7 nitrogen and oxygen atoms in total. The number of hydrogen-bond acceptors (Lipinski definition) is 4. The minimum Gasteiger partial charge on any atom is -0.349 e.